The summed E-state index contributed by atoms with van der Waals surface area (Å²) >= 11 is 0. The minimum absolute atomic E-state index is 0.336. The number of likely N-dealkylation sites (N-methyl/N-ethyl adjacent to an activating group) is 1. The van der Waals surface area contributed by atoms with Crippen molar-refractivity contribution in [1.82, 2.24) is 8.87 Å². The van der Waals surface area contributed by atoms with Crippen LogP contribution in [0.5, 0.6) is 5.75 Å². The van der Waals surface area contributed by atoms with Crippen LogP contribution in [-0.2, 0) is 11.0 Å². The molecule has 0 bridgehead atoms. The predicted octanol–water partition coefficient (Wildman–Crippen LogP) is 4.45. The summed E-state index contributed by atoms with van der Waals surface area (Å²) in [5.41, 5.74) is 2.55. The Bertz CT molecular complexity index is 1040. The van der Waals surface area contributed by atoms with Gasteiger partial charge in [0.25, 0.3) is 0 Å². The molecular formula is C23H30FN3O2S. The quantitative estimate of drug-likeness (QED) is 0.612. The minimum Gasteiger partial charge on any atom is -0.495 e. The van der Waals surface area contributed by atoms with Gasteiger partial charge in [0.2, 0.25) is 0 Å². The normalized spacial score (nSPS) is 15.6. The van der Waals surface area contributed by atoms with Gasteiger partial charge < -0.3 is 14.5 Å². The van der Waals surface area contributed by atoms with E-state index in [2.05, 4.69) is 16.8 Å². The van der Waals surface area contributed by atoms with Gasteiger partial charge in [0.1, 0.15) is 11.6 Å². The zero-order valence-electron chi connectivity index (χ0n) is 18.3. The van der Waals surface area contributed by atoms with Crippen molar-refractivity contribution in [2.45, 2.75) is 25.7 Å². The highest BCUT2D eigenvalue weighted by Crippen LogP contribution is 2.32. The van der Waals surface area contributed by atoms with E-state index in [0.29, 0.717) is 10.4 Å². The average molecular weight is 432 g/mol. The standard InChI is InChI=1S/C21H24FN3O2S.C2H6/c1-15-14-25(19-12-16(22)4-6-18(15)19)28(26)17-5-7-21(27-3)20(13-17)24-10-8-23(2)9-11-24;1-2/h4-7,12-14H,8-11H2,1-3H3;1-2H3. The molecule has 1 atom stereocenters. The van der Waals surface area contributed by atoms with E-state index in [1.165, 1.54) is 12.1 Å². The molecule has 0 spiro atoms. The monoisotopic (exact) mass is 431 g/mol. The average Bonchev–Trinajstić information content (AvgIpc) is 3.10. The van der Waals surface area contributed by atoms with Crippen molar-refractivity contribution in [3.8, 4) is 5.75 Å². The van der Waals surface area contributed by atoms with Gasteiger partial charge in [-0.3, -0.25) is 3.97 Å². The number of aromatic nitrogens is 1. The number of piperazine rings is 1. The van der Waals surface area contributed by atoms with Crippen molar-refractivity contribution in [3.05, 3.63) is 54.0 Å². The third-order valence-corrected chi connectivity index (χ3v) is 6.62. The fourth-order valence-corrected chi connectivity index (χ4v) is 4.87. The summed E-state index contributed by atoms with van der Waals surface area (Å²) in [6.07, 6.45) is 1.82. The van der Waals surface area contributed by atoms with Crippen LogP contribution < -0.4 is 9.64 Å². The van der Waals surface area contributed by atoms with E-state index in [0.717, 1.165) is 48.6 Å². The lowest BCUT2D eigenvalue weighted by Crippen LogP contribution is -2.44. The number of fused-ring (bicyclic) bond motifs is 1. The predicted molar refractivity (Wildman–Crippen MR) is 122 cm³/mol. The number of hydrogen-bond acceptors (Lipinski definition) is 4. The Morgan fingerprint density at radius 2 is 1.73 bits per heavy atom. The van der Waals surface area contributed by atoms with Crippen LogP contribution in [0.15, 0.2) is 47.5 Å². The van der Waals surface area contributed by atoms with Gasteiger partial charge >= 0.3 is 0 Å². The first kappa shape index (κ1) is 22.3. The van der Waals surface area contributed by atoms with E-state index in [-0.39, 0.29) is 5.82 Å². The molecule has 5 nitrogen and oxygen atoms in total. The van der Waals surface area contributed by atoms with Gasteiger partial charge in [0, 0.05) is 37.8 Å². The molecule has 2 heterocycles. The van der Waals surface area contributed by atoms with Crippen LogP contribution in [0.2, 0.25) is 0 Å². The topological polar surface area (TPSA) is 37.7 Å². The molecule has 0 saturated carbocycles. The summed E-state index contributed by atoms with van der Waals surface area (Å²) in [5.74, 6) is 0.432. The highest BCUT2D eigenvalue weighted by Gasteiger charge is 2.20. The Kier molecular flexibility index (Phi) is 7.15. The van der Waals surface area contributed by atoms with Crippen molar-refractivity contribution in [3.63, 3.8) is 0 Å². The van der Waals surface area contributed by atoms with Crippen LogP contribution in [0.25, 0.3) is 10.9 Å². The Hall–Kier alpha value is -2.38. The number of hydrogen-bond donors (Lipinski definition) is 0. The summed E-state index contributed by atoms with van der Waals surface area (Å²) in [4.78, 5) is 5.21. The molecule has 1 unspecified atom stereocenters. The molecule has 7 heteroatoms. The van der Waals surface area contributed by atoms with E-state index in [1.807, 2.05) is 45.2 Å². The zero-order valence-corrected chi connectivity index (χ0v) is 19.1. The summed E-state index contributed by atoms with van der Waals surface area (Å²) < 4.78 is 34.3. The van der Waals surface area contributed by atoms with Crippen LogP contribution in [0.3, 0.4) is 0 Å². The first-order valence-electron chi connectivity index (χ1n) is 10.3. The third-order valence-electron chi connectivity index (χ3n) is 5.31. The van der Waals surface area contributed by atoms with Crippen molar-refractivity contribution in [2.75, 3.05) is 45.2 Å². The molecule has 1 saturated heterocycles. The molecule has 0 aliphatic carbocycles. The van der Waals surface area contributed by atoms with Gasteiger partial charge in [-0.1, -0.05) is 13.8 Å². The third kappa shape index (κ3) is 4.37. The molecule has 2 aromatic carbocycles. The number of methoxy groups -OCH3 is 1. The zero-order chi connectivity index (χ0) is 21.8. The molecule has 162 valence electrons. The first-order valence-corrected chi connectivity index (χ1v) is 11.4. The second-order valence-electron chi connectivity index (χ2n) is 7.17. The summed E-state index contributed by atoms with van der Waals surface area (Å²) in [6.45, 7) is 9.66. The number of rotatable bonds is 4. The lowest BCUT2D eigenvalue weighted by atomic mass is 10.2. The van der Waals surface area contributed by atoms with Gasteiger partial charge in [-0.15, -0.1) is 0 Å². The van der Waals surface area contributed by atoms with Gasteiger partial charge in [-0.25, -0.2) is 8.60 Å². The van der Waals surface area contributed by atoms with E-state index >= 15 is 0 Å². The maximum Gasteiger partial charge on any atom is 0.157 e. The van der Waals surface area contributed by atoms with E-state index in [9.17, 15) is 8.60 Å². The molecule has 1 fully saturated rings. The lowest BCUT2D eigenvalue weighted by Gasteiger charge is -2.34. The molecule has 0 amide bonds. The van der Waals surface area contributed by atoms with Crippen LogP contribution >= 0.6 is 0 Å². The Morgan fingerprint density at radius 1 is 1.03 bits per heavy atom. The van der Waals surface area contributed by atoms with Gasteiger partial charge in [-0.05, 0) is 55.9 Å². The number of aryl methyl sites for hydroxylation is 1. The first-order chi connectivity index (χ1) is 14.5. The van der Waals surface area contributed by atoms with Gasteiger partial charge in [0.05, 0.1) is 23.2 Å². The number of anilines is 1. The van der Waals surface area contributed by atoms with Crippen LogP contribution in [0.1, 0.15) is 19.4 Å². The maximum absolute atomic E-state index is 13.8. The van der Waals surface area contributed by atoms with Crippen LogP contribution in [0.4, 0.5) is 10.1 Å². The molecule has 30 heavy (non-hydrogen) atoms. The van der Waals surface area contributed by atoms with E-state index < -0.39 is 11.0 Å². The molecular weight excluding hydrogens is 401 g/mol. The smallest absolute Gasteiger partial charge is 0.157 e. The number of ether oxygens (including phenoxy) is 1. The van der Waals surface area contributed by atoms with Crippen molar-refractivity contribution in [1.29, 1.82) is 0 Å². The fourth-order valence-electron chi connectivity index (χ4n) is 3.66. The van der Waals surface area contributed by atoms with Crippen molar-refractivity contribution >= 4 is 27.6 Å². The SMILES string of the molecule is CC.COc1ccc(S(=O)n2cc(C)c3ccc(F)cc32)cc1N1CCN(C)CC1. The highest BCUT2D eigenvalue weighted by atomic mass is 32.2. The van der Waals surface area contributed by atoms with Crippen molar-refractivity contribution < 1.29 is 13.3 Å². The van der Waals surface area contributed by atoms with E-state index in [1.54, 1.807) is 17.1 Å². The molecule has 1 aliphatic rings. The molecule has 1 aliphatic heterocycles. The summed E-state index contributed by atoms with van der Waals surface area (Å²) in [6, 6.07) is 10.2. The molecule has 3 aromatic rings. The maximum atomic E-state index is 13.8. The van der Waals surface area contributed by atoms with Crippen LogP contribution in [-0.4, -0.2) is 53.4 Å². The van der Waals surface area contributed by atoms with E-state index in [4.69, 9.17) is 4.74 Å². The number of halogens is 1. The largest absolute Gasteiger partial charge is 0.495 e. The Morgan fingerprint density at radius 3 is 2.40 bits per heavy atom. The molecule has 4 rings (SSSR count). The lowest BCUT2D eigenvalue weighted by molar-refractivity contribution is 0.311. The van der Waals surface area contributed by atoms with Gasteiger partial charge in [0.15, 0.2) is 11.0 Å². The molecule has 0 radical (unpaired) electrons. The summed E-state index contributed by atoms with van der Waals surface area (Å²) in [5, 5.41) is 0.905. The molecule has 1 aromatic heterocycles. The number of benzene rings is 2. The highest BCUT2D eigenvalue weighted by molar-refractivity contribution is 7.83. The Labute approximate surface area is 180 Å². The minimum atomic E-state index is -1.48. The van der Waals surface area contributed by atoms with Crippen LogP contribution in [0, 0.1) is 12.7 Å². The van der Waals surface area contributed by atoms with Crippen molar-refractivity contribution in [2.24, 2.45) is 0 Å². The summed E-state index contributed by atoms with van der Waals surface area (Å²) in [7, 11) is 2.28. The second kappa shape index (κ2) is 9.62. The second-order valence-corrected chi connectivity index (χ2v) is 8.54. The fraction of sp³-hybridized carbons (Fsp3) is 0.391. The number of nitrogens with zero attached hydrogens (tertiary/aromatic N) is 3. The van der Waals surface area contributed by atoms with Gasteiger partial charge in [-0.2, -0.15) is 0 Å². The molecule has 0 N–H and O–H groups in total. The Balaban J connectivity index is 0.00000124.